The number of carbonyl (C=O) groups excluding carboxylic acids is 1. The number of fused-ring (bicyclic) bond motifs is 2. The van der Waals surface area contributed by atoms with E-state index in [1.54, 1.807) is 45.4 Å². The lowest BCUT2D eigenvalue weighted by molar-refractivity contribution is -0.449. The Hall–Kier alpha value is -1.70. The normalized spacial score (nSPS) is 43.8. The first-order valence-electron chi connectivity index (χ1n) is 10.9. The highest BCUT2D eigenvalue weighted by Gasteiger charge is 2.63. The topological polar surface area (TPSA) is 154 Å². The van der Waals surface area contributed by atoms with Crippen molar-refractivity contribution in [1.82, 2.24) is 20.9 Å². The molecule has 4 rings (SSSR count). The summed E-state index contributed by atoms with van der Waals surface area (Å²) in [5, 5.41) is 41.8. The van der Waals surface area contributed by atoms with Gasteiger partial charge in [0.15, 0.2) is 0 Å². The second-order valence-corrected chi connectivity index (χ2v) is 8.68. The average molecular weight is 453 g/mol. The Morgan fingerprint density at radius 3 is 2.56 bits per heavy atom. The summed E-state index contributed by atoms with van der Waals surface area (Å²) in [6.07, 6.45) is -3.50. The largest absolute Gasteiger partial charge is 0.390 e. The highest BCUT2D eigenvalue weighted by atomic mass is 16.8. The lowest BCUT2D eigenvalue weighted by Crippen LogP contribution is -2.79. The van der Waals surface area contributed by atoms with Crippen LogP contribution in [0.15, 0.2) is 24.4 Å². The van der Waals surface area contributed by atoms with Crippen LogP contribution < -0.4 is 16.0 Å². The van der Waals surface area contributed by atoms with Gasteiger partial charge in [-0.1, -0.05) is 6.07 Å². The molecule has 0 bridgehead atoms. The zero-order valence-electron chi connectivity index (χ0n) is 18.3. The SMILES string of the molecule is CN[C@@H]1[C@H](O)[C@H](NC)C2O[C@]3(O)C(OC2[C@@H]1O)O[C@H](C)C[C@H]3NC(=O)Cc1ccccn1. The number of hydrogen-bond acceptors (Lipinski definition) is 10. The molecule has 0 aromatic carbocycles. The molecule has 2 saturated heterocycles. The molecule has 1 aliphatic carbocycles. The second kappa shape index (κ2) is 9.27. The quantitative estimate of drug-likeness (QED) is 0.286. The first-order chi connectivity index (χ1) is 15.3. The van der Waals surface area contributed by atoms with Gasteiger partial charge in [-0.2, -0.15) is 0 Å². The van der Waals surface area contributed by atoms with E-state index < -0.39 is 54.6 Å². The maximum atomic E-state index is 12.7. The summed E-state index contributed by atoms with van der Waals surface area (Å²) >= 11 is 0. The zero-order chi connectivity index (χ0) is 23.0. The number of rotatable bonds is 5. The van der Waals surface area contributed by atoms with E-state index in [2.05, 4.69) is 20.9 Å². The molecule has 6 N–H and O–H groups in total. The molecule has 178 valence electrons. The minimum absolute atomic E-state index is 0.0423. The van der Waals surface area contributed by atoms with Crippen LogP contribution in [0.5, 0.6) is 0 Å². The standard InChI is InChI=1S/C21H32N4O7/c1-10-8-12(25-13(26)9-11-6-4-5-7-24-11)21(29)20(30-10)31-19-17(28)14(22-2)16(27)15(23-3)18(19)32-21/h4-7,10,12,14-20,22-23,27-29H,8-9H2,1-3H3,(H,25,26)/t10-,12-,14-,15+,16+,17-,18?,19?,20?,21+/m1/s1. The highest BCUT2D eigenvalue weighted by Crippen LogP contribution is 2.41. The lowest BCUT2D eigenvalue weighted by atomic mass is 9.79. The van der Waals surface area contributed by atoms with Gasteiger partial charge in [-0.3, -0.25) is 9.78 Å². The van der Waals surface area contributed by atoms with Gasteiger partial charge >= 0.3 is 0 Å². The van der Waals surface area contributed by atoms with Crippen LogP contribution in [0, 0.1) is 0 Å². The van der Waals surface area contributed by atoms with Crippen LogP contribution in [0.1, 0.15) is 19.0 Å². The molecule has 1 aromatic heterocycles. The Labute approximate surface area is 186 Å². The van der Waals surface area contributed by atoms with Gasteiger partial charge in [0, 0.05) is 11.9 Å². The molecule has 3 unspecified atom stereocenters. The van der Waals surface area contributed by atoms with E-state index in [1.807, 2.05) is 0 Å². The van der Waals surface area contributed by atoms with Crippen molar-refractivity contribution >= 4 is 5.91 Å². The summed E-state index contributed by atoms with van der Waals surface area (Å²) in [4.78, 5) is 16.9. The van der Waals surface area contributed by atoms with E-state index >= 15 is 0 Å². The first kappa shape index (κ1) is 23.5. The summed E-state index contributed by atoms with van der Waals surface area (Å²) in [6, 6.07) is 3.16. The first-order valence-corrected chi connectivity index (χ1v) is 10.9. The summed E-state index contributed by atoms with van der Waals surface area (Å²) < 4.78 is 17.9. The third kappa shape index (κ3) is 4.15. The molecule has 3 heterocycles. The molecule has 11 nitrogen and oxygen atoms in total. The number of nitrogens with one attached hydrogen (secondary N) is 3. The Morgan fingerprint density at radius 2 is 1.91 bits per heavy atom. The fraction of sp³-hybridized carbons (Fsp3) is 0.714. The number of carbonyl (C=O) groups is 1. The van der Waals surface area contributed by atoms with Crippen LogP contribution in [-0.4, -0.2) is 101 Å². The molecule has 1 saturated carbocycles. The van der Waals surface area contributed by atoms with Crippen LogP contribution in [0.25, 0.3) is 0 Å². The number of hydrogen-bond donors (Lipinski definition) is 6. The number of aromatic nitrogens is 1. The number of pyridine rings is 1. The van der Waals surface area contributed by atoms with Gasteiger partial charge in [-0.05, 0) is 39.6 Å². The van der Waals surface area contributed by atoms with Gasteiger partial charge < -0.3 is 45.5 Å². The number of aliphatic hydroxyl groups is 3. The Morgan fingerprint density at radius 1 is 1.16 bits per heavy atom. The fourth-order valence-corrected chi connectivity index (χ4v) is 4.93. The molecular weight excluding hydrogens is 420 g/mol. The van der Waals surface area contributed by atoms with Crippen molar-refractivity contribution < 1.29 is 34.3 Å². The van der Waals surface area contributed by atoms with Crippen molar-refractivity contribution in [3.63, 3.8) is 0 Å². The molecule has 11 heteroatoms. The summed E-state index contributed by atoms with van der Waals surface area (Å²) in [7, 11) is 3.29. The van der Waals surface area contributed by atoms with E-state index in [0.29, 0.717) is 5.69 Å². The van der Waals surface area contributed by atoms with Crippen LogP contribution in [-0.2, 0) is 25.4 Å². The molecule has 10 atom stereocenters. The molecule has 2 aliphatic heterocycles. The third-order valence-corrected chi connectivity index (χ3v) is 6.55. The summed E-state index contributed by atoms with van der Waals surface area (Å²) in [6.45, 7) is 1.81. The van der Waals surface area contributed by atoms with Crippen molar-refractivity contribution in [2.24, 2.45) is 0 Å². The van der Waals surface area contributed by atoms with Crippen LogP contribution >= 0.6 is 0 Å². The maximum Gasteiger partial charge on any atom is 0.239 e. The smallest absolute Gasteiger partial charge is 0.239 e. The number of amides is 1. The number of aliphatic hydroxyl groups excluding tert-OH is 2. The predicted molar refractivity (Wildman–Crippen MR) is 111 cm³/mol. The molecule has 1 aromatic rings. The van der Waals surface area contributed by atoms with E-state index in [0.717, 1.165) is 0 Å². The fourth-order valence-electron chi connectivity index (χ4n) is 4.93. The zero-order valence-corrected chi connectivity index (χ0v) is 18.3. The minimum Gasteiger partial charge on any atom is -0.390 e. The van der Waals surface area contributed by atoms with Gasteiger partial charge in [-0.15, -0.1) is 0 Å². The highest BCUT2D eigenvalue weighted by molar-refractivity contribution is 5.78. The Kier molecular flexibility index (Phi) is 6.80. The second-order valence-electron chi connectivity index (χ2n) is 8.68. The summed E-state index contributed by atoms with van der Waals surface area (Å²) in [5.74, 6) is -2.33. The average Bonchev–Trinajstić information content (AvgIpc) is 2.75. The predicted octanol–water partition coefficient (Wildman–Crippen LogP) is -2.37. The van der Waals surface area contributed by atoms with Crippen molar-refractivity contribution in [3.8, 4) is 0 Å². The molecule has 32 heavy (non-hydrogen) atoms. The molecule has 0 radical (unpaired) electrons. The summed E-state index contributed by atoms with van der Waals surface area (Å²) in [5.41, 5.74) is 0.599. The Balaban J connectivity index is 1.56. The van der Waals surface area contributed by atoms with Gasteiger partial charge in [0.2, 0.25) is 18.0 Å². The van der Waals surface area contributed by atoms with E-state index in [-0.39, 0.29) is 24.9 Å². The third-order valence-electron chi connectivity index (χ3n) is 6.55. The van der Waals surface area contributed by atoms with Crippen molar-refractivity contribution in [3.05, 3.63) is 30.1 Å². The number of ether oxygens (including phenoxy) is 3. The molecular formula is C21H32N4O7. The van der Waals surface area contributed by atoms with Crippen LogP contribution in [0.2, 0.25) is 0 Å². The molecule has 0 spiro atoms. The van der Waals surface area contributed by atoms with Crippen molar-refractivity contribution in [2.45, 2.75) is 80.5 Å². The van der Waals surface area contributed by atoms with Crippen molar-refractivity contribution in [2.75, 3.05) is 14.1 Å². The van der Waals surface area contributed by atoms with E-state index in [1.165, 1.54) is 0 Å². The minimum atomic E-state index is -2.01. The van der Waals surface area contributed by atoms with Gasteiger partial charge in [0.25, 0.3) is 0 Å². The van der Waals surface area contributed by atoms with E-state index in [4.69, 9.17) is 14.2 Å². The van der Waals surface area contributed by atoms with Gasteiger partial charge in [0.1, 0.15) is 18.3 Å². The van der Waals surface area contributed by atoms with Gasteiger partial charge in [0.05, 0.1) is 36.8 Å². The molecule has 3 fully saturated rings. The van der Waals surface area contributed by atoms with Crippen molar-refractivity contribution in [1.29, 1.82) is 0 Å². The van der Waals surface area contributed by atoms with Crippen LogP contribution in [0.3, 0.4) is 0 Å². The number of likely N-dealkylation sites (N-methyl/N-ethyl adjacent to an activating group) is 2. The van der Waals surface area contributed by atoms with Crippen LogP contribution in [0.4, 0.5) is 0 Å². The number of nitrogens with zero attached hydrogens (tertiary/aromatic N) is 1. The molecule has 1 amide bonds. The maximum absolute atomic E-state index is 12.7. The monoisotopic (exact) mass is 452 g/mol. The van der Waals surface area contributed by atoms with Gasteiger partial charge in [-0.25, -0.2) is 0 Å². The molecule has 3 aliphatic rings. The van der Waals surface area contributed by atoms with E-state index in [9.17, 15) is 20.1 Å². The Bertz CT molecular complexity index is 802. The lowest BCUT2D eigenvalue weighted by Gasteiger charge is -2.58.